The van der Waals surface area contributed by atoms with Crippen LogP contribution < -0.4 is 0 Å². The highest BCUT2D eigenvalue weighted by Crippen LogP contribution is 2.25. The fourth-order valence-corrected chi connectivity index (χ4v) is 5.80. The lowest BCUT2D eigenvalue weighted by Gasteiger charge is -2.33. The molecule has 5 nitrogen and oxygen atoms in total. The van der Waals surface area contributed by atoms with Gasteiger partial charge >= 0.3 is 0 Å². The number of aromatic nitrogens is 1. The van der Waals surface area contributed by atoms with Crippen LogP contribution in [0.1, 0.15) is 26.7 Å². The molecule has 0 aliphatic carbocycles. The number of benzene rings is 1. The van der Waals surface area contributed by atoms with E-state index in [0.717, 1.165) is 22.3 Å². The van der Waals surface area contributed by atoms with Gasteiger partial charge in [-0.15, -0.1) is 0 Å². The van der Waals surface area contributed by atoms with Crippen LogP contribution in [0.2, 0.25) is 0 Å². The molecular formula is C19H24N2O3S2. The Labute approximate surface area is 159 Å². The maximum absolute atomic E-state index is 12.9. The first-order chi connectivity index (χ1) is 12.4. The summed E-state index contributed by atoms with van der Waals surface area (Å²) in [6, 6.07) is 11.6. The maximum Gasteiger partial charge on any atom is 0.233 e. The zero-order valence-electron chi connectivity index (χ0n) is 15.1. The van der Waals surface area contributed by atoms with Gasteiger partial charge < -0.3 is 4.90 Å². The van der Waals surface area contributed by atoms with E-state index in [1.54, 1.807) is 4.90 Å². The molecule has 26 heavy (non-hydrogen) atoms. The Balaban J connectivity index is 1.70. The fourth-order valence-electron chi connectivity index (χ4n) is 3.34. The highest BCUT2D eigenvalue weighted by molar-refractivity contribution is 7.99. The van der Waals surface area contributed by atoms with Crippen molar-refractivity contribution in [1.29, 1.82) is 0 Å². The first-order valence-electron chi connectivity index (χ1n) is 8.90. The van der Waals surface area contributed by atoms with E-state index >= 15 is 0 Å². The lowest BCUT2D eigenvalue weighted by molar-refractivity contribution is -0.132. The fraction of sp³-hybridized carbons (Fsp3) is 0.474. The number of pyridine rings is 1. The van der Waals surface area contributed by atoms with Gasteiger partial charge in [0.2, 0.25) is 5.91 Å². The number of carbonyl (C=O) groups excluding carboxylic acids is 1. The highest BCUT2D eigenvalue weighted by Gasteiger charge is 2.36. The Morgan fingerprint density at radius 2 is 2.08 bits per heavy atom. The van der Waals surface area contributed by atoms with Crippen molar-refractivity contribution in [1.82, 2.24) is 9.88 Å². The van der Waals surface area contributed by atoms with Crippen molar-refractivity contribution in [2.75, 3.05) is 17.3 Å². The Hall–Kier alpha value is -1.60. The summed E-state index contributed by atoms with van der Waals surface area (Å²) in [6.45, 7) is 4.01. The molecule has 0 bridgehead atoms. The number of nitrogens with zero attached hydrogens (tertiary/aromatic N) is 2. The molecule has 0 unspecified atom stereocenters. The lowest BCUT2D eigenvalue weighted by atomic mass is 10.1. The molecule has 0 N–H and O–H groups in total. The van der Waals surface area contributed by atoms with Crippen LogP contribution in [0.25, 0.3) is 10.9 Å². The van der Waals surface area contributed by atoms with Gasteiger partial charge in [0.25, 0.3) is 0 Å². The molecule has 1 fully saturated rings. The summed E-state index contributed by atoms with van der Waals surface area (Å²) in [6.07, 6.45) is 1.35. The van der Waals surface area contributed by atoms with E-state index in [9.17, 15) is 13.2 Å². The normalized spacial score (nSPS) is 20.2. The van der Waals surface area contributed by atoms with E-state index in [1.807, 2.05) is 50.2 Å². The molecule has 7 heteroatoms. The van der Waals surface area contributed by atoms with E-state index in [2.05, 4.69) is 4.98 Å². The van der Waals surface area contributed by atoms with E-state index in [4.69, 9.17) is 0 Å². The molecule has 1 aliphatic rings. The number of carbonyl (C=O) groups is 1. The van der Waals surface area contributed by atoms with E-state index in [1.165, 1.54) is 11.8 Å². The number of hydrogen-bond acceptors (Lipinski definition) is 5. The summed E-state index contributed by atoms with van der Waals surface area (Å²) in [5, 5.41) is 1.88. The molecule has 0 radical (unpaired) electrons. The van der Waals surface area contributed by atoms with Crippen molar-refractivity contribution >= 4 is 38.4 Å². The molecule has 2 atom stereocenters. The largest absolute Gasteiger partial charge is 0.335 e. The third kappa shape index (κ3) is 4.38. The van der Waals surface area contributed by atoms with Gasteiger partial charge in [-0.25, -0.2) is 13.4 Å². The standard InChI is InChI=1S/C19H24N2O3S2/c1-3-14(2)21(16-10-11-26(23,24)13-16)19(22)12-25-18-9-8-15-6-4-5-7-17(15)20-18/h4-9,14,16H,3,10-13H2,1-2H3/t14-,16+/m1/s1. The average Bonchev–Trinajstić information content (AvgIpc) is 2.99. The number of fused-ring (bicyclic) bond motifs is 1. The molecule has 1 aromatic carbocycles. The van der Waals surface area contributed by atoms with Gasteiger partial charge in [0.05, 0.1) is 27.8 Å². The minimum Gasteiger partial charge on any atom is -0.335 e. The third-order valence-electron chi connectivity index (χ3n) is 4.87. The van der Waals surface area contributed by atoms with Crippen molar-refractivity contribution in [3.8, 4) is 0 Å². The Morgan fingerprint density at radius 1 is 1.31 bits per heavy atom. The monoisotopic (exact) mass is 392 g/mol. The quantitative estimate of drug-likeness (QED) is 0.707. The molecule has 2 heterocycles. The summed E-state index contributed by atoms with van der Waals surface area (Å²) in [5.74, 6) is 0.521. The van der Waals surface area contributed by atoms with E-state index in [-0.39, 0.29) is 35.2 Å². The van der Waals surface area contributed by atoms with Crippen molar-refractivity contribution in [2.24, 2.45) is 0 Å². The molecule has 140 valence electrons. The summed E-state index contributed by atoms with van der Waals surface area (Å²) in [5.41, 5.74) is 0.908. The van der Waals surface area contributed by atoms with Gasteiger partial charge in [-0.05, 0) is 31.9 Å². The number of rotatable bonds is 6. The van der Waals surface area contributed by atoms with Gasteiger partial charge in [-0.3, -0.25) is 4.79 Å². The Kier molecular flexibility index (Phi) is 5.87. The first kappa shape index (κ1) is 19.2. The van der Waals surface area contributed by atoms with Crippen LogP contribution in [-0.4, -0.2) is 53.6 Å². The molecule has 0 saturated carbocycles. The molecule has 3 rings (SSSR count). The third-order valence-corrected chi connectivity index (χ3v) is 7.54. The first-order valence-corrected chi connectivity index (χ1v) is 11.7. The molecule has 1 saturated heterocycles. The van der Waals surface area contributed by atoms with Gasteiger partial charge in [-0.1, -0.05) is 43.0 Å². The second kappa shape index (κ2) is 7.96. The minimum atomic E-state index is -3.02. The van der Waals surface area contributed by atoms with Gasteiger partial charge in [0, 0.05) is 17.5 Å². The molecule has 2 aromatic rings. The van der Waals surface area contributed by atoms with Crippen LogP contribution in [0.3, 0.4) is 0 Å². The molecule has 1 amide bonds. The second-order valence-electron chi connectivity index (χ2n) is 6.75. The maximum atomic E-state index is 12.9. The van der Waals surface area contributed by atoms with E-state index < -0.39 is 9.84 Å². The van der Waals surface area contributed by atoms with Gasteiger partial charge in [0.15, 0.2) is 9.84 Å². The zero-order valence-corrected chi connectivity index (χ0v) is 16.7. The number of sulfone groups is 1. The van der Waals surface area contributed by atoms with Crippen LogP contribution in [0, 0.1) is 0 Å². The molecule has 0 spiro atoms. The van der Waals surface area contributed by atoms with Crippen molar-refractivity contribution in [3.63, 3.8) is 0 Å². The highest BCUT2D eigenvalue weighted by atomic mass is 32.2. The summed E-state index contributed by atoms with van der Waals surface area (Å²) in [4.78, 5) is 19.2. The number of para-hydroxylation sites is 1. The number of thioether (sulfide) groups is 1. The summed E-state index contributed by atoms with van der Waals surface area (Å²) in [7, 11) is -3.02. The summed E-state index contributed by atoms with van der Waals surface area (Å²) < 4.78 is 23.7. The predicted molar refractivity (Wildman–Crippen MR) is 106 cm³/mol. The van der Waals surface area contributed by atoms with Gasteiger partial charge in [-0.2, -0.15) is 0 Å². The van der Waals surface area contributed by atoms with Crippen molar-refractivity contribution < 1.29 is 13.2 Å². The van der Waals surface area contributed by atoms with Crippen LogP contribution in [-0.2, 0) is 14.6 Å². The smallest absolute Gasteiger partial charge is 0.233 e. The SMILES string of the molecule is CC[C@@H](C)N(C(=O)CSc1ccc2ccccc2n1)[C@H]1CCS(=O)(=O)C1. The van der Waals surface area contributed by atoms with Crippen LogP contribution in [0.4, 0.5) is 0 Å². The predicted octanol–water partition coefficient (Wildman–Crippen LogP) is 3.14. The number of amides is 1. The van der Waals surface area contributed by atoms with E-state index in [0.29, 0.717) is 6.42 Å². The molecule has 1 aromatic heterocycles. The van der Waals surface area contributed by atoms with Crippen molar-refractivity contribution in [2.45, 2.75) is 43.8 Å². The van der Waals surface area contributed by atoms with Crippen molar-refractivity contribution in [3.05, 3.63) is 36.4 Å². The topological polar surface area (TPSA) is 67.3 Å². The Bertz CT molecular complexity index is 899. The van der Waals surface area contributed by atoms with Crippen LogP contribution >= 0.6 is 11.8 Å². The van der Waals surface area contributed by atoms with Gasteiger partial charge in [0.1, 0.15) is 0 Å². The average molecular weight is 393 g/mol. The van der Waals surface area contributed by atoms with Crippen LogP contribution in [0.15, 0.2) is 41.4 Å². The summed E-state index contributed by atoms with van der Waals surface area (Å²) >= 11 is 1.41. The lowest BCUT2D eigenvalue weighted by Crippen LogP contribution is -2.47. The van der Waals surface area contributed by atoms with Crippen LogP contribution in [0.5, 0.6) is 0 Å². The number of hydrogen-bond donors (Lipinski definition) is 0. The molecule has 1 aliphatic heterocycles. The minimum absolute atomic E-state index is 0.0126. The second-order valence-corrected chi connectivity index (χ2v) is 9.97. The Morgan fingerprint density at radius 3 is 2.77 bits per heavy atom. The zero-order chi connectivity index (χ0) is 18.7. The molecular weight excluding hydrogens is 368 g/mol.